The van der Waals surface area contributed by atoms with Crippen LogP contribution < -0.4 is 20.1 Å². The molecule has 0 saturated carbocycles. The molecule has 1 atom stereocenters. The molecular formula is C20H26N4O5. The van der Waals surface area contributed by atoms with Crippen molar-refractivity contribution in [2.45, 2.75) is 13.0 Å². The van der Waals surface area contributed by atoms with E-state index < -0.39 is 12.0 Å². The van der Waals surface area contributed by atoms with Crippen LogP contribution in [0.1, 0.15) is 18.5 Å². The fourth-order valence-corrected chi connectivity index (χ4v) is 3.76. The molecule has 3 aliphatic rings. The van der Waals surface area contributed by atoms with Crippen LogP contribution in [0.4, 0.5) is 4.79 Å². The number of hydrogen-bond acceptors (Lipinski definition) is 7. The van der Waals surface area contributed by atoms with Crippen LogP contribution in [0.15, 0.2) is 29.5 Å². The first-order chi connectivity index (χ1) is 14.0. The Balaban J connectivity index is 1.68. The SMILES string of the molecule is CCOC(=O)C1=C(CN2CCN(C)CC2)NC(=O)N[C@@H]1c1ccc2c(c1)OCO2. The summed E-state index contributed by atoms with van der Waals surface area (Å²) < 4.78 is 16.2. The van der Waals surface area contributed by atoms with Gasteiger partial charge in [-0.05, 0) is 31.7 Å². The summed E-state index contributed by atoms with van der Waals surface area (Å²) in [6, 6.07) is 4.45. The second kappa shape index (κ2) is 8.30. The molecule has 3 aliphatic heterocycles. The van der Waals surface area contributed by atoms with Crippen LogP contribution in [-0.4, -0.2) is 75.0 Å². The standard InChI is InChI=1S/C20H26N4O5/c1-3-27-19(25)17-14(11-24-8-6-23(2)7-9-24)21-20(26)22-18(17)13-4-5-15-16(10-13)29-12-28-15/h4-5,10,18H,3,6-9,11-12H2,1-2H3,(H2,21,22,26)/t18-/m1/s1. The third-order valence-corrected chi connectivity index (χ3v) is 5.36. The van der Waals surface area contributed by atoms with Crippen molar-refractivity contribution in [2.75, 3.05) is 53.2 Å². The Labute approximate surface area is 169 Å². The molecule has 1 saturated heterocycles. The first-order valence-electron chi connectivity index (χ1n) is 9.83. The highest BCUT2D eigenvalue weighted by atomic mass is 16.7. The Kier molecular flexibility index (Phi) is 5.59. The number of benzene rings is 1. The molecule has 0 bridgehead atoms. The summed E-state index contributed by atoms with van der Waals surface area (Å²) in [6.45, 7) is 6.29. The number of fused-ring (bicyclic) bond motifs is 1. The highest BCUT2D eigenvalue weighted by Crippen LogP contribution is 2.37. The van der Waals surface area contributed by atoms with Gasteiger partial charge in [-0.3, -0.25) is 4.90 Å². The van der Waals surface area contributed by atoms with Gasteiger partial charge < -0.3 is 29.7 Å². The number of esters is 1. The maximum absolute atomic E-state index is 12.9. The molecule has 0 radical (unpaired) electrons. The van der Waals surface area contributed by atoms with E-state index >= 15 is 0 Å². The Hall–Kier alpha value is -2.78. The molecule has 0 unspecified atom stereocenters. The molecule has 156 valence electrons. The molecule has 29 heavy (non-hydrogen) atoms. The van der Waals surface area contributed by atoms with Crippen molar-refractivity contribution >= 4 is 12.0 Å². The van der Waals surface area contributed by atoms with Crippen molar-refractivity contribution in [3.63, 3.8) is 0 Å². The van der Waals surface area contributed by atoms with Gasteiger partial charge in [0.2, 0.25) is 6.79 Å². The van der Waals surface area contributed by atoms with Crippen LogP contribution >= 0.6 is 0 Å². The predicted molar refractivity (Wildman–Crippen MR) is 105 cm³/mol. The summed E-state index contributed by atoms with van der Waals surface area (Å²) in [5.41, 5.74) is 1.74. The smallest absolute Gasteiger partial charge is 0.338 e. The van der Waals surface area contributed by atoms with E-state index in [1.54, 1.807) is 19.1 Å². The number of nitrogens with zero attached hydrogens (tertiary/aromatic N) is 2. The summed E-state index contributed by atoms with van der Waals surface area (Å²) in [4.78, 5) is 29.8. The number of ether oxygens (including phenoxy) is 3. The highest BCUT2D eigenvalue weighted by Gasteiger charge is 2.35. The number of hydrogen-bond donors (Lipinski definition) is 2. The number of amides is 2. The van der Waals surface area contributed by atoms with Crippen molar-refractivity contribution in [1.29, 1.82) is 0 Å². The summed E-state index contributed by atoms with van der Waals surface area (Å²) in [5.74, 6) is 0.805. The Morgan fingerprint density at radius 3 is 2.72 bits per heavy atom. The van der Waals surface area contributed by atoms with E-state index in [4.69, 9.17) is 14.2 Å². The van der Waals surface area contributed by atoms with Crippen LogP contribution in [0.3, 0.4) is 0 Å². The van der Waals surface area contributed by atoms with E-state index in [0.29, 0.717) is 29.3 Å². The van der Waals surface area contributed by atoms with Crippen molar-refractivity contribution in [3.8, 4) is 11.5 Å². The van der Waals surface area contributed by atoms with Gasteiger partial charge >= 0.3 is 12.0 Å². The second-order valence-electron chi connectivity index (χ2n) is 7.34. The number of urea groups is 1. The molecule has 4 rings (SSSR count). The van der Waals surface area contributed by atoms with Crippen molar-refractivity contribution in [2.24, 2.45) is 0 Å². The lowest BCUT2D eigenvalue weighted by Gasteiger charge is -2.35. The van der Waals surface area contributed by atoms with E-state index in [-0.39, 0.29) is 19.4 Å². The molecule has 2 N–H and O–H groups in total. The molecule has 1 aromatic carbocycles. The summed E-state index contributed by atoms with van der Waals surface area (Å²) in [5, 5.41) is 5.69. The van der Waals surface area contributed by atoms with Gasteiger partial charge in [0.15, 0.2) is 11.5 Å². The van der Waals surface area contributed by atoms with E-state index in [1.807, 2.05) is 6.07 Å². The molecule has 0 spiro atoms. The zero-order valence-corrected chi connectivity index (χ0v) is 16.7. The number of carbonyl (C=O) groups excluding carboxylic acids is 2. The van der Waals surface area contributed by atoms with E-state index in [9.17, 15) is 9.59 Å². The second-order valence-corrected chi connectivity index (χ2v) is 7.34. The average Bonchev–Trinajstić information content (AvgIpc) is 3.17. The van der Waals surface area contributed by atoms with Gasteiger partial charge in [-0.25, -0.2) is 9.59 Å². The third kappa shape index (κ3) is 4.15. The predicted octanol–water partition coefficient (Wildman–Crippen LogP) is 0.834. The molecule has 3 heterocycles. The number of piperazine rings is 1. The lowest BCUT2D eigenvalue weighted by atomic mass is 9.94. The van der Waals surface area contributed by atoms with Crippen LogP contribution in [0.5, 0.6) is 11.5 Å². The van der Waals surface area contributed by atoms with Crippen molar-refractivity contribution < 1.29 is 23.8 Å². The first-order valence-corrected chi connectivity index (χ1v) is 9.83. The van der Waals surface area contributed by atoms with Gasteiger partial charge in [0, 0.05) is 38.4 Å². The van der Waals surface area contributed by atoms with Crippen LogP contribution in [0.2, 0.25) is 0 Å². The Bertz CT molecular complexity index is 832. The molecule has 2 amide bonds. The fraction of sp³-hybridized carbons (Fsp3) is 0.500. The molecule has 0 aromatic heterocycles. The summed E-state index contributed by atoms with van der Waals surface area (Å²) >= 11 is 0. The largest absolute Gasteiger partial charge is 0.463 e. The van der Waals surface area contributed by atoms with Gasteiger partial charge in [0.25, 0.3) is 0 Å². The Morgan fingerprint density at radius 2 is 1.97 bits per heavy atom. The van der Waals surface area contributed by atoms with E-state index in [1.165, 1.54) is 0 Å². The highest BCUT2D eigenvalue weighted by molar-refractivity contribution is 5.95. The topological polar surface area (TPSA) is 92.4 Å². The van der Waals surface area contributed by atoms with Crippen molar-refractivity contribution in [1.82, 2.24) is 20.4 Å². The molecular weight excluding hydrogens is 376 g/mol. The number of rotatable bonds is 5. The molecule has 1 aromatic rings. The van der Waals surface area contributed by atoms with Gasteiger partial charge in [0.05, 0.1) is 18.2 Å². The van der Waals surface area contributed by atoms with Gasteiger partial charge in [-0.1, -0.05) is 6.07 Å². The minimum absolute atomic E-state index is 0.159. The number of likely N-dealkylation sites (N-methyl/N-ethyl adjacent to an activating group) is 1. The molecule has 9 heteroatoms. The van der Waals surface area contributed by atoms with E-state index in [2.05, 4.69) is 27.5 Å². The first kappa shape index (κ1) is 19.5. The lowest BCUT2D eigenvalue weighted by molar-refractivity contribution is -0.139. The quantitative estimate of drug-likeness (QED) is 0.705. The van der Waals surface area contributed by atoms with Gasteiger partial charge in [0.1, 0.15) is 0 Å². The maximum atomic E-state index is 12.9. The average molecular weight is 402 g/mol. The fourth-order valence-electron chi connectivity index (χ4n) is 3.76. The van der Waals surface area contributed by atoms with E-state index in [0.717, 1.165) is 31.7 Å². The number of nitrogens with one attached hydrogen (secondary N) is 2. The minimum Gasteiger partial charge on any atom is -0.463 e. The minimum atomic E-state index is -0.625. The third-order valence-electron chi connectivity index (χ3n) is 5.36. The van der Waals surface area contributed by atoms with Crippen LogP contribution in [0, 0.1) is 0 Å². The van der Waals surface area contributed by atoms with Gasteiger partial charge in [-0.15, -0.1) is 0 Å². The van der Waals surface area contributed by atoms with Crippen LogP contribution in [0.25, 0.3) is 0 Å². The Morgan fingerprint density at radius 1 is 1.21 bits per heavy atom. The number of carbonyl (C=O) groups is 2. The zero-order valence-electron chi connectivity index (χ0n) is 16.7. The van der Waals surface area contributed by atoms with Crippen LogP contribution in [-0.2, 0) is 9.53 Å². The molecule has 0 aliphatic carbocycles. The lowest BCUT2D eigenvalue weighted by Crippen LogP contribution is -2.51. The molecule has 1 fully saturated rings. The summed E-state index contributed by atoms with van der Waals surface area (Å²) in [7, 11) is 2.09. The maximum Gasteiger partial charge on any atom is 0.338 e. The molecule has 9 nitrogen and oxygen atoms in total. The zero-order chi connectivity index (χ0) is 20.4. The summed E-state index contributed by atoms with van der Waals surface area (Å²) in [6.07, 6.45) is 0. The van der Waals surface area contributed by atoms with Crippen molar-refractivity contribution in [3.05, 3.63) is 35.0 Å². The monoisotopic (exact) mass is 402 g/mol. The normalized spacial score (nSPS) is 22.3. The van der Waals surface area contributed by atoms with Gasteiger partial charge in [-0.2, -0.15) is 0 Å².